The molecule has 4 aromatic rings. The third kappa shape index (κ3) is 7.02. The summed E-state index contributed by atoms with van der Waals surface area (Å²) in [5.74, 6) is 1.12. The number of thiazole rings is 1. The molecule has 0 radical (unpaired) electrons. The van der Waals surface area contributed by atoms with Crippen LogP contribution in [0.25, 0.3) is 10.2 Å². The number of nitrogens with one attached hydrogen (secondary N) is 2. The van der Waals surface area contributed by atoms with Crippen molar-refractivity contribution in [2.75, 3.05) is 63.1 Å². The van der Waals surface area contributed by atoms with Gasteiger partial charge in [0.2, 0.25) is 0 Å². The summed E-state index contributed by atoms with van der Waals surface area (Å²) in [4.78, 5) is 22.2. The molecule has 1 aliphatic heterocycles. The van der Waals surface area contributed by atoms with Crippen LogP contribution in [-0.2, 0) is 10.0 Å². The molecule has 218 valence electrons. The number of piperazine rings is 1. The fraction of sp³-hybridized carbons (Fsp3) is 0.286. The van der Waals surface area contributed by atoms with Gasteiger partial charge in [-0.1, -0.05) is 29.5 Å². The number of hydrogen-bond acceptors (Lipinski definition) is 9. The Labute approximate surface area is 249 Å². The first kappa shape index (κ1) is 30.4. The minimum absolute atomic E-state index is 0. The molecular weight excluding hydrogens is 586 g/mol. The maximum Gasteiger partial charge on any atom is 0.261 e. The van der Waals surface area contributed by atoms with E-state index < -0.39 is 10.0 Å². The first-order valence-electron chi connectivity index (χ1n) is 12.8. The molecule has 0 unspecified atom stereocenters. The average Bonchev–Trinajstić information content (AvgIpc) is 3.42. The highest BCUT2D eigenvalue weighted by Crippen LogP contribution is 2.40. The van der Waals surface area contributed by atoms with Gasteiger partial charge >= 0.3 is 0 Å². The van der Waals surface area contributed by atoms with Crippen molar-refractivity contribution in [2.24, 2.45) is 0 Å². The van der Waals surface area contributed by atoms with Gasteiger partial charge in [0.05, 0.1) is 23.8 Å². The molecule has 13 heteroatoms. The number of benzene rings is 3. The van der Waals surface area contributed by atoms with Crippen LogP contribution in [0.4, 0.5) is 10.8 Å². The summed E-state index contributed by atoms with van der Waals surface area (Å²) < 4.78 is 39.5. The lowest BCUT2D eigenvalue weighted by Crippen LogP contribution is -2.48. The molecule has 2 heterocycles. The van der Waals surface area contributed by atoms with Crippen LogP contribution in [0.2, 0.25) is 0 Å². The van der Waals surface area contributed by atoms with E-state index in [-0.39, 0.29) is 23.2 Å². The van der Waals surface area contributed by atoms with Crippen LogP contribution in [0.15, 0.2) is 71.6 Å². The number of amides is 1. The van der Waals surface area contributed by atoms with Crippen LogP contribution in [0, 0.1) is 0 Å². The topological polar surface area (TPSA) is 113 Å². The normalized spacial score (nSPS) is 13.9. The summed E-state index contributed by atoms with van der Waals surface area (Å²) in [5, 5.41) is 3.92. The molecule has 1 saturated heterocycles. The van der Waals surface area contributed by atoms with Gasteiger partial charge in [0, 0.05) is 50.5 Å². The van der Waals surface area contributed by atoms with Gasteiger partial charge in [-0.15, -0.1) is 12.4 Å². The minimum atomic E-state index is -3.68. The van der Waals surface area contributed by atoms with Crippen LogP contribution in [-0.4, -0.2) is 77.7 Å². The van der Waals surface area contributed by atoms with Crippen molar-refractivity contribution in [3.63, 3.8) is 0 Å². The average molecular weight is 618 g/mol. The molecule has 3 aromatic carbocycles. The number of ether oxygens (including phenoxy) is 2. The molecule has 0 spiro atoms. The van der Waals surface area contributed by atoms with Gasteiger partial charge in [-0.2, -0.15) is 0 Å². The maximum absolute atomic E-state index is 12.6. The van der Waals surface area contributed by atoms with Crippen LogP contribution in [0.3, 0.4) is 0 Å². The van der Waals surface area contributed by atoms with E-state index in [2.05, 4.69) is 19.8 Å². The van der Waals surface area contributed by atoms with Gasteiger partial charge in [-0.3, -0.25) is 14.4 Å². The summed E-state index contributed by atoms with van der Waals surface area (Å²) in [5.41, 5.74) is 1.67. The van der Waals surface area contributed by atoms with E-state index in [4.69, 9.17) is 14.5 Å². The molecule has 10 nitrogen and oxygen atoms in total. The Morgan fingerprint density at radius 1 is 0.951 bits per heavy atom. The second kappa shape index (κ2) is 13.4. The van der Waals surface area contributed by atoms with Crippen molar-refractivity contribution < 1.29 is 22.7 Å². The molecule has 0 atom stereocenters. The van der Waals surface area contributed by atoms with Crippen molar-refractivity contribution in [2.45, 2.75) is 4.90 Å². The number of sulfonamides is 1. The molecule has 5 rings (SSSR count). The largest absolute Gasteiger partial charge is 0.493 e. The Morgan fingerprint density at radius 2 is 1.66 bits per heavy atom. The molecule has 0 saturated carbocycles. The first-order chi connectivity index (χ1) is 19.4. The number of rotatable bonds is 10. The second-order valence-electron chi connectivity index (χ2n) is 9.22. The van der Waals surface area contributed by atoms with E-state index in [9.17, 15) is 13.2 Å². The summed E-state index contributed by atoms with van der Waals surface area (Å²) in [6, 6.07) is 18.4. The number of hydrogen-bond donors (Lipinski definition) is 2. The number of fused-ring (bicyclic) bond motifs is 1. The summed E-state index contributed by atoms with van der Waals surface area (Å²) in [6.45, 7) is 4.66. The predicted octanol–water partition coefficient (Wildman–Crippen LogP) is 4.09. The zero-order valence-corrected chi connectivity index (χ0v) is 25.2. The fourth-order valence-electron chi connectivity index (χ4n) is 4.53. The maximum atomic E-state index is 12.6. The van der Waals surface area contributed by atoms with E-state index in [1.165, 1.54) is 12.1 Å². The van der Waals surface area contributed by atoms with Crippen molar-refractivity contribution in [3.05, 3.63) is 72.3 Å². The zero-order valence-electron chi connectivity index (χ0n) is 22.7. The fourth-order valence-corrected chi connectivity index (χ4v) is 6.62. The monoisotopic (exact) mass is 617 g/mol. The number of carbonyl (C=O) groups excluding carboxylic acids is 1. The smallest absolute Gasteiger partial charge is 0.261 e. The third-order valence-corrected chi connectivity index (χ3v) is 9.18. The first-order valence-corrected chi connectivity index (χ1v) is 15.1. The van der Waals surface area contributed by atoms with Crippen molar-refractivity contribution >= 4 is 60.7 Å². The summed E-state index contributed by atoms with van der Waals surface area (Å²) >= 11 is 1.64. The number of halogens is 1. The third-order valence-electron chi connectivity index (χ3n) is 6.70. The number of anilines is 2. The molecule has 0 aliphatic carbocycles. The SMILES string of the molecule is COc1ccc2sc(N3CCN(CCNC(=O)c4ccc(NS(=O)(=O)c5ccccc5)cc4)CC3)nc2c1OC.Cl. The lowest BCUT2D eigenvalue weighted by molar-refractivity contribution is 0.0948. The molecule has 1 aliphatic rings. The summed E-state index contributed by atoms with van der Waals surface area (Å²) in [6.07, 6.45) is 0. The van der Waals surface area contributed by atoms with Gasteiger partial charge in [-0.25, -0.2) is 13.4 Å². The number of carbonyl (C=O) groups is 1. The van der Waals surface area contributed by atoms with Crippen LogP contribution >= 0.6 is 23.7 Å². The lowest BCUT2D eigenvalue weighted by Gasteiger charge is -2.34. The molecule has 0 bridgehead atoms. The number of methoxy groups -OCH3 is 2. The highest BCUT2D eigenvalue weighted by molar-refractivity contribution is 7.92. The predicted molar refractivity (Wildman–Crippen MR) is 165 cm³/mol. The standard InChI is InChI=1S/C28H31N5O5S2.ClH/c1-37-23-12-13-24-25(26(23)38-2)30-28(39-24)33-18-16-32(17-19-33)15-14-29-27(34)20-8-10-21(11-9-20)31-40(35,36)22-6-4-3-5-7-22;/h3-13,31H,14-19H2,1-2H3,(H,29,34);1H. The highest BCUT2D eigenvalue weighted by Gasteiger charge is 2.22. The van der Waals surface area contributed by atoms with Crippen LogP contribution in [0.5, 0.6) is 11.5 Å². The molecule has 41 heavy (non-hydrogen) atoms. The Kier molecular flexibility index (Phi) is 9.92. The molecule has 2 N–H and O–H groups in total. The second-order valence-corrected chi connectivity index (χ2v) is 11.9. The van der Waals surface area contributed by atoms with Crippen LogP contribution < -0.4 is 24.4 Å². The van der Waals surface area contributed by atoms with E-state index >= 15 is 0 Å². The highest BCUT2D eigenvalue weighted by atomic mass is 35.5. The quantitative estimate of drug-likeness (QED) is 0.274. The number of aromatic nitrogens is 1. The Balaban J connectivity index is 0.00000387. The molecule has 1 amide bonds. The van der Waals surface area contributed by atoms with Gasteiger partial charge < -0.3 is 19.7 Å². The van der Waals surface area contributed by atoms with Crippen molar-refractivity contribution in [1.29, 1.82) is 0 Å². The Morgan fingerprint density at radius 3 is 2.32 bits per heavy atom. The zero-order chi connectivity index (χ0) is 28.1. The van der Waals surface area contributed by atoms with E-state index in [0.29, 0.717) is 29.3 Å². The van der Waals surface area contributed by atoms with Crippen molar-refractivity contribution in [1.82, 2.24) is 15.2 Å². The van der Waals surface area contributed by atoms with Crippen LogP contribution in [0.1, 0.15) is 10.4 Å². The Hall–Kier alpha value is -3.58. The van der Waals surface area contributed by atoms with E-state index in [1.807, 2.05) is 12.1 Å². The Bertz CT molecular complexity index is 1570. The van der Waals surface area contributed by atoms with E-state index in [1.54, 1.807) is 68.0 Å². The molecule has 1 fully saturated rings. The number of nitrogens with zero attached hydrogens (tertiary/aromatic N) is 3. The minimum Gasteiger partial charge on any atom is -0.493 e. The van der Waals surface area contributed by atoms with E-state index in [0.717, 1.165) is 48.1 Å². The lowest BCUT2D eigenvalue weighted by atomic mass is 10.2. The van der Waals surface area contributed by atoms with Crippen molar-refractivity contribution in [3.8, 4) is 11.5 Å². The van der Waals surface area contributed by atoms with Gasteiger partial charge in [0.1, 0.15) is 5.52 Å². The summed E-state index contributed by atoms with van der Waals surface area (Å²) in [7, 11) is -0.437. The van der Waals surface area contributed by atoms with Gasteiger partial charge in [-0.05, 0) is 48.5 Å². The molecular formula is C28H32ClN5O5S2. The molecule has 1 aromatic heterocycles. The van der Waals surface area contributed by atoms with Gasteiger partial charge in [0.25, 0.3) is 15.9 Å². The van der Waals surface area contributed by atoms with Gasteiger partial charge in [0.15, 0.2) is 16.6 Å².